The van der Waals surface area contributed by atoms with Crippen molar-refractivity contribution in [3.05, 3.63) is 12.2 Å². The maximum Gasteiger partial charge on any atom is 0.226 e. The first-order chi connectivity index (χ1) is 9.29. The van der Waals surface area contributed by atoms with Gasteiger partial charge < -0.3 is 0 Å². The molecular weight excluding hydrogens is 238 g/mol. The second kappa shape index (κ2) is 10.8. The van der Waals surface area contributed by atoms with Crippen molar-refractivity contribution in [2.24, 2.45) is 0 Å². The quantitative estimate of drug-likeness (QED) is 0.533. The van der Waals surface area contributed by atoms with Gasteiger partial charge in [0.15, 0.2) is 0 Å². The molecule has 0 radical (unpaired) electrons. The van der Waals surface area contributed by atoms with Crippen molar-refractivity contribution < 1.29 is 9.59 Å². The number of carbonyl (C=O) groups is 2. The average Bonchev–Trinajstić information content (AvgIpc) is 2.38. The summed E-state index contributed by atoms with van der Waals surface area (Å²) < 4.78 is 0. The molecule has 1 aliphatic heterocycles. The van der Waals surface area contributed by atoms with E-state index in [1.54, 1.807) is 0 Å². The van der Waals surface area contributed by atoms with Crippen molar-refractivity contribution in [2.45, 2.75) is 77.0 Å². The second-order valence-corrected chi connectivity index (χ2v) is 5.35. The minimum absolute atomic E-state index is 0.101. The summed E-state index contributed by atoms with van der Waals surface area (Å²) >= 11 is 0. The van der Waals surface area contributed by atoms with Crippen LogP contribution in [0.15, 0.2) is 12.2 Å². The third-order valence-electron chi connectivity index (χ3n) is 3.49. The van der Waals surface area contributed by atoms with Gasteiger partial charge in [0.2, 0.25) is 11.8 Å². The van der Waals surface area contributed by atoms with Gasteiger partial charge in [-0.1, -0.05) is 37.8 Å². The molecule has 19 heavy (non-hydrogen) atoms. The molecule has 3 nitrogen and oxygen atoms in total. The molecule has 2 amide bonds. The van der Waals surface area contributed by atoms with Gasteiger partial charge in [-0.05, 0) is 38.5 Å². The number of hydrogen-bond acceptors (Lipinski definition) is 2. The highest BCUT2D eigenvalue weighted by Crippen LogP contribution is 2.09. The summed E-state index contributed by atoms with van der Waals surface area (Å²) in [5, 5.41) is 2.48. The van der Waals surface area contributed by atoms with Crippen molar-refractivity contribution in [2.75, 3.05) is 0 Å². The molecule has 0 aromatic carbocycles. The van der Waals surface area contributed by atoms with Crippen LogP contribution in [0.1, 0.15) is 77.0 Å². The molecule has 0 aromatic rings. The SMILES string of the molecule is O=C1CCCCC/C=C\CCCCCCCC(=O)N1. The van der Waals surface area contributed by atoms with Crippen LogP contribution in [0.3, 0.4) is 0 Å². The van der Waals surface area contributed by atoms with Crippen molar-refractivity contribution in [1.29, 1.82) is 0 Å². The molecule has 0 bridgehead atoms. The van der Waals surface area contributed by atoms with Gasteiger partial charge >= 0.3 is 0 Å². The lowest BCUT2D eigenvalue weighted by molar-refractivity contribution is -0.130. The Morgan fingerprint density at radius 3 is 1.63 bits per heavy atom. The molecule has 0 atom stereocenters. The van der Waals surface area contributed by atoms with Gasteiger partial charge in [0.05, 0.1) is 0 Å². The van der Waals surface area contributed by atoms with Gasteiger partial charge in [0.1, 0.15) is 0 Å². The Balaban J connectivity index is 2.28. The predicted octanol–water partition coefficient (Wildman–Crippen LogP) is 3.88. The first-order valence-corrected chi connectivity index (χ1v) is 7.77. The van der Waals surface area contributed by atoms with Crippen LogP contribution < -0.4 is 5.32 Å². The van der Waals surface area contributed by atoms with E-state index in [0.717, 1.165) is 38.5 Å². The lowest BCUT2D eigenvalue weighted by atomic mass is 10.1. The van der Waals surface area contributed by atoms with E-state index in [-0.39, 0.29) is 11.8 Å². The molecule has 0 aliphatic carbocycles. The Labute approximate surface area is 116 Å². The van der Waals surface area contributed by atoms with E-state index in [2.05, 4.69) is 17.5 Å². The van der Waals surface area contributed by atoms with Crippen LogP contribution in [0.2, 0.25) is 0 Å². The Morgan fingerprint density at radius 2 is 1.05 bits per heavy atom. The summed E-state index contributed by atoms with van der Waals surface area (Å²) in [6.45, 7) is 0. The highest BCUT2D eigenvalue weighted by molar-refractivity contribution is 5.95. The van der Waals surface area contributed by atoms with Crippen LogP contribution in [0.4, 0.5) is 0 Å². The summed E-state index contributed by atoms with van der Waals surface area (Å²) in [5.74, 6) is -0.208. The highest BCUT2D eigenvalue weighted by atomic mass is 16.2. The smallest absolute Gasteiger partial charge is 0.226 e. The molecular formula is C16H27NO2. The van der Waals surface area contributed by atoms with Crippen molar-refractivity contribution in [3.8, 4) is 0 Å². The fraction of sp³-hybridized carbons (Fsp3) is 0.750. The van der Waals surface area contributed by atoms with E-state index in [4.69, 9.17) is 0 Å². The number of carbonyl (C=O) groups excluding carboxylic acids is 2. The van der Waals surface area contributed by atoms with Crippen molar-refractivity contribution >= 4 is 11.8 Å². The molecule has 108 valence electrons. The zero-order valence-corrected chi connectivity index (χ0v) is 12.0. The number of nitrogens with one attached hydrogen (secondary N) is 1. The minimum Gasteiger partial charge on any atom is -0.296 e. The average molecular weight is 265 g/mol. The molecule has 3 heteroatoms. The summed E-state index contributed by atoms with van der Waals surface area (Å²) in [5.41, 5.74) is 0. The molecule has 1 rings (SSSR count). The van der Waals surface area contributed by atoms with Crippen molar-refractivity contribution in [3.63, 3.8) is 0 Å². The minimum atomic E-state index is -0.107. The first kappa shape index (κ1) is 15.9. The Hall–Kier alpha value is -1.12. The van der Waals surface area contributed by atoms with Crippen LogP contribution in [0, 0.1) is 0 Å². The molecule has 0 saturated heterocycles. The molecule has 0 fully saturated rings. The molecule has 1 N–H and O–H groups in total. The van der Waals surface area contributed by atoms with Gasteiger partial charge in [-0.15, -0.1) is 0 Å². The second-order valence-electron chi connectivity index (χ2n) is 5.35. The van der Waals surface area contributed by atoms with E-state index < -0.39 is 0 Å². The largest absolute Gasteiger partial charge is 0.296 e. The normalized spacial score (nSPS) is 23.4. The molecule has 0 spiro atoms. The number of hydrogen-bond donors (Lipinski definition) is 1. The van der Waals surface area contributed by atoms with Crippen LogP contribution in [-0.2, 0) is 9.59 Å². The molecule has 1 heterocycles. The molecule has 0 aromatic heterocycles. The summed E-state index contributed by atoms with van der Waals surface area (Å²) in [7, 11) is 0. The summed E-state index contributed by atoms with van der Waals surface area (Å²) in [6, 6.07) is 0. The lowest BCUT2D eigenvalue weighted by Gasteiger charge is -2.04. The standard InChI is InChI=1S/C16H27NO2/c18-15-13-11-9-7-5-3-1-2-4-6-8-10-12-14-16(19)17-15/h1,3H,2,4-14H2,(H,17,18,19)/b3-1-. The number of allylic oxidation sites excluding steroid dienone is 2. The van der Waals surface area contributed by atoms with Gasteiger partial charge in [-0.3, -0.25) is 14.9 Å². The van der Waals surface area contributed by atoms with Gasteiger partial charge in [0.25, 0.3) is 0 Å². The van der Waals surface area contributed by atoms with Gasteiger partial charge in [-0.2, -0.15) is 0 Å². The molecule has 1 aliphatic rings. The number of rotatable bonds is 0. The number of imide groups is 1. The first-order valence-electron chi connectivity index (χ1n) is 7.77. The fourth-order valence-corrected chi connectivity index (χ4v) is 2.32. The van der Waals surface area contributed by atoms with E-state index in [0.29, 0.717) is 12.8 Å². The topological polar surface area (TPSA) is 46.2 Å². The van der Waals surface area contributed by atoms with Crippen LogP contribution in [0.25, 0.3) is 0 Å². The zero-order valence-electron chi connectivity index (χ0n) is 12.0. The fourth-order valence-electron chi connectivity index (χ4n) is 2.32. The lowest BCUT2D eigenvalue weighted by Crippen LogP contribution is -2.29. The zero-order chi connectivity index (χ0) is 13.8. The van der Waals surface area contributed by atoms with E-state index in [1.165, 1.54) is 25.7 Å². The maximum atomic E-state index is 11.5. The third kappa shape index (κ3) is 9.46. The maximum absolute atomic E-state index is 11.5. The monoisotopic (exact) mass is 265 g/mol. The Morgan fingerprint density at radius 1 is 0.632 bits per heavy atom. The highest BCUT2D eigenvalue weighted by Gasteiger charge is 2.07. The van der Waals surface area contributed by atoms with Crippen LogP contribution in [0.5, 0.6) is 0 Å². The summed E-state index contributed by atoms with van der Waals surface area (Å²) in [4.78, 5) is 23.0. The Kier molecular flexibility index (Phi) is 9.03. The third-order valence-corrected chi connectivity index (χ3v) is 3.49. The predicted molar refractivity (Wildman–Crippen MR) is 77.7 cm³/mol. The molecule has 0 unspecified atom stereocenters. The van der Waals surface area contributed by atoms with Gasteiger partial charge in [0, 0.05) is 12.8 Å². The van der Waals surface area contributed by atoms with E-state index in [9.17, 15) is 9.59 Å². The van der Waals surface area contributed by atoms with Gasteiger partial charge in [-0.25, -0.2) is 0 Å². The van der Waals surface area contributed by atoms with Crippen LogP contribution >= 0.6 is 0 Å². The van der Waals surface area contributed by atoms with Crippen LogP contribution in [-0.4, -0.2) is 11.8 Å². The van der Waals surface area contributed by atoms with E-state index >= 15 is 0 Å². The van der Waals surface area contributed by atoms with E-state index in [1.807, 2.05) is 0 Å². The van der Waals surface area contributed by atoms with Crippen molar-refractivity contribution in [1.82, 2.24) is 5.32 Å². The molecule has 0 saturated carbocycles. The summed E-state index contributed by atoms with van der Waals surface area (Å²) in [6.07, 6.45) is 16.6. The number of amides is 2. The Bertz CT molecular complexity index is 297.